The van der Waals surface area contributed by atoms with Gasteiger partial charge in [0, 0.05) is 5.57 Å². The highest BCUT2D eigenvalue weighted by Crippen LogP contribution is 2.35. The van der Waals surface area contributed by atoms with Gasteiger partial charge in [-0.15, -0.1) is 0 Å². The summed E-state index contributed by atoms with van der Waals surface area (Å²) in [6.45, 7) is 0. The average Bonchev–Trinajstić information content (AvgIpc) is 2.54. The molecule has 0 aliphatic carbocycles. The molecule has 0 N–H and O–H groups in total. The van der Waals surface area contributed by atoms with E-state index in [9.17, 15) is 8.42 Å². The van der Waals surface area contributed by atoms with Crippen molar-refractivity contribution in [3.63, 3.8) is 0 Å². The Hall–Kier alpha value is -2.11. The van der Waals surface area contributed by atoms with Crippen LogP contribution >= 0.6 is 0 Å². The lowest BCUT2D eigenvalue weighted by atomic mass is 10.0. The lowest BCUT2D eigenvalue weighted by Crippen LogP contribution is -1.98. The molecular weight excluding hydrogens is 224 g/mol. The maximum Gasteiger partial charge on any atom is 0.183 e. The van der Waals surface area contributed by atoms with E-state index in [1.54, 1.807) is 30.3 Å². The van der Waals surface area contributed by atoms with Crippen LogP contribution in [0.3, 0.4) is 0 Å². The Balaban J connectivity index is 2.83. The van der Waals surface area contributed by atoms with Gasteiger partial charge in [0.25, 0.3) is 0 Å². The van der Waals surface area contributed by atoms with Crippen molar-refractivity contribution in [2.75, 3.05) is 5.75 Å². The number of nitrogens with zero attached hydrogens (tertiary/aromatic N) is 2. The van der Waals surface area contributed by atoms with Gasteiger partial charge in [-0.2, -0.15) is 10.5 Å². The third kappa shape index (κ3) is 1.39. The van der Waals surface area contributed by atoms with E-state index in [1.807, 2.05) is 0 Å². The molecule has 0 amide bonds. The van der Waals surface area contributed by atoms with Crippen molar-refractivity contribution < 1.29 is 8.42 Å². The van der Waals surface area contributed by atoms with Crippen molar-refractivity contribution in [1.82, 2.24) is 0 Å². The minimum absolute atomic E-state index is 0.131. The molecule has 1 aromatic carbocycles. The summed E-state index contributed by atoms with van der Waals surface area (Å²) in [5.41, 5.74) is 0.648. The van der Waals surface area contributed by atoms with Gasteiger partial charge in [-0.1, -0.05) is 18.2 Å². The van der Waals surface area contributed by atoms with E-state index in [4.69, 9.17) is 10.5 Å². The Morgan fingerprint density at radius 2 is 1.81 bits per heavy atom. The van der Waals surface area contributed by atoms with E-state index in [1.165, 1.54) is 6.07 Å². The van der Waals surface area contributed by atoms with Gasteiger partial charge in [-0.3, -0.25) is 0 Å². The fourth-order valence-corrected chi connectivity index (χ4v) is 3.35. The second-order valence-electron chi connectivity index (χ2n) is 3.33. The standard InChI is InChI=1S/C11H6N2O2S/c12-5-8(6-13)10-7-16(14,15)11-4-2-1-3-9(10)11/h1-4H,7H2. The van der Waals surface area contributed by atoms with E-state index < -0.39 is 9.84 Å². The van der Waals surface area contributed by atoms with E-state index in [-0.39, 0.29) is 16.2 Å². The number of nitriles is 2. The number of hydrogen-bond acceptors (Lipinski definition) is 4. The first-order valence-corrected chi connectivity index (χ1v) is 6.11. The second-order valence-corrected chi connectivity index (χ2v) is 5.29. The average molecular weight is 230 g/mol. The smallest absolute Gasteiger partial charge is 0.183 e. The van der Waals surface area contributed by atoms with Crippen molar-refractivity contribution in [2.24, 2.45) is 0 Å². The van der Waals surface area contributed by atoms with E-state index in [2.05, 4.69) is 0 Å². The van der Waals surface area contributed by atoms with Crippen molar-refractivity contribution in [3.8, 4) is 12.1 Å². The molecule has 0 bridgehead atoms. The van der Waals surface area contributed by atoms with Gasteiger partial charge in [-0.05, 0) is 11.6 Å². The van der Waals surface area contributed by atoms with Gasteiger partial charge in [0.15, 0.2) is 9.84 Å². The lowest BCUT2D eigenvalue weighted by molar-refractivity contribution is 0.601. The van der Waals surface area contributed by atoms with E-state index >= 15 is 0 Å². The Morgan fingerprint density at radius 1 is 1.19 bits per heavy atom. The maximum atomic E-state index is 11.7. The van der Waals surface area contributed by atoms with Gasteiger partial charge in [0.1, 0.15) is 17.7 Å². The zero-order valence-electron chi connectivity index (χ0n) is 8.14. The predicted octanol–water partition coefficient (Wildman–Crippen LogP) is 1.27. The third-order valence-corrected chi connectivity index (χ3v) is 4.10. The minimum Gasteiger partial charge on any atom is -0.223 e. The highest BCUT2D eigenvalue weighted by molar-refractivity contribution is 7.92. The molecule has 2 rings (SSSR count). The number of benzene rings is 1. The van der Waals surface area contributed by atoms with Crippen LogP contribution in [0.1, 0.15) is 5.56 Å². The largest absolute Gasteiger partial charge is 0.223 e. The SMILES string of the molecule is N#CC(C#N)=C1CS(=O)(=O)c2ccccc21. The summed E-state index contributed by atoms with van der Waals surface area (Å²) < 4.78 is 23.5. The summed E-state index contributed by atoms with van der Waals surface area (Å²) in [4.78, 5) is 0.202. The van der Waals surface area contributed by atoms with Gasteiger partial charge >= 0.3 is 0 Å². The molecule has 0 fully saturated rings. The summed E-state index contributed by atoms with van der Waals surface area (Å²) in [6, 6.07) is 9.87. The Morgan fingerprint density at radius 3 is 2.44 bits per heavy atom. The molecular formula is C11H6N2O2S. The zero-order chi connectivity index (χ0) is 11.8. The van der Waals surface area contributed by atoms with Crippen LogP contribution in [-0.4, -0.2) is 14.2 Å². The highest BCUT2D eigenvalue weighted by Gasteiger charge is 2.31. The van der Waals surface area contributed by atoms with Crippen molar-refractivity contribution >= 4 is 15.4 Å². The molecule has 1 aliphatic rings. The van der Waals surface area contributed by atoms with Crippen LogP contribution in [0.5, 0.6) is 0 Å². The Bertz CT molecular complexity index is 657. The minimum atomic E-state index is -3.38. The zero-order valence-corrected chi connectivity index (χ0v) is 8.95. The maximum absolute atomic E-state index is 11.7. The molecule has 0 saturated heterocycles. The Kier molecular flexibility index (Phi) is 2.26. The lowest BCUT2D eigenvalue weighted by Gasteiger charge is -1.96. The summed E-state index contributed by atoms with van der Waals surface area (Å²) in [6.07, 6.45) is 0. The van der Waals surface area contributed by atoms with Crippen LogP contribution in [-0.2, 0) is 9.84 Å². The molecule has 1 aromatic rings. The predicted molar refractivity (Wildman–Crippen MR) is 56.6 cm³/mol. The molecule has 5 heteroatoms. The summed E-state index contributed by atoms with van der Waals surface area (Å²) in [7, 11) is -3.38. The molecule has 1 aliphatic heterocycles. The number of allylic oxidation sites excluding steroid dienone is 1. The number of hydrogen-bond donors (Lipinski definition) is 0. The Labute approximate surface area is 93.0 Å². The van der Waals surface area contributed by atoms with Crippen LogP contribution in [0.2, 0.25) is 0 Å². The molecule has 1 heterocycles. The highest BCUT2D eigenvalue weighted by atomic mass is 32.2. The molecule has 78 valence electrons. The van der Waals surface area contributed by atoms with E-state index in [0.29, 0.717) is 11.1 Å². The van der Waals surface area contributed by atoms with Crippen LogP contribution in [0.15, 0.2) is 34.7 Å². The number of rotatable bonds is 0. The van der Waals surface area contributed by atoms with E-state index in [0.717, 1.165) is 0 Å². The van der Waals surface area contributed by atoms with Crippen molar-refractivity contribution in [1.29, 1.82) is 10.5 Å². The third-order valence-electron chi connectivity index (χ3n) is 2.41. The van der Waals surface area contributed by atoms with Crippen LogP contribution in [0, 0.1) is 22.7 Å². The molecule has 4 nitrogen and oxygen atoms in total. The fraction of sp³-hybridized carbons (Fsp3) is 0.0909. The molecule has 16 heavy (non-hydrogen) atoms. The van der Waals surface area contributed by atoms with Gasteiger partial charge < -0.3 is 0 Å². The second kappa shape index (κ2) is 3.48. The molecule has 0 atom stereocenters. The fourth-order valence-electron chi connectivity index (χ4n) is 1.70. The van der Waals surface area contributed by atoms with Crippen LogP contribution < -0.4 is 0 Å². The summed E-state index contributed by atoms with van der Waals surface area (Å²) in [5, 5.41) is 17.5. The monoisotopic (exact) mass is 230 g/mol. The van der Waals surface area contributed by atoms with Crippen LogP contribution in [0.4, 0.5) is 0 Å². The first-order chi connectivity index (χ1) is 7.60. The topological polar surface area (TPSA) is 81.7 Å². The van der Waals surface area contributed by atoms with Crippen molar-refractivity contribution in [2.45, 2.75) is 4.90 Å². The number of fused-ring (bicyclic) bond motifs is 1. The van der Waals surface area contributed by atoms with Crippen molar-refractivity contribution in [3.05, 3.63) is 35.4 Å². The summed E-state index contributed by atoms with van der Waals surface area (Å²) in [5.74, 6) is -0.261. The first-order valence-electron chi connectivity index (χ1n) is 4.45. The van der Waals surface area contributed by atoms with Gasteiger partial charge in [0.05, 0.1) is 10.6 Å². The van der Waals surface area contributed by atoms with Gasteiger partial charge in [-0.25, -0.2) is 8.42 Å². The summed E-state index contributed by atoms with van der Waals surface area (Å²) >= 11 is 0. The quantitative estimate of drug-likeness (QED) is 0.628. The molecule has 0 saturated carbocycles. The first kappa shape index (κ1) is 10.4. The van der Waals surface area contributed by atoms with Crippen LogP contribution in [0.25, 0.3) is 5.57 Å². The molecule has 0 unspecified atom stereocenters. The normalized spacial score (nSPS) is 16.0. The molecule has 0 aromatic heterocycles. The van der Waals surface area contributed by atoms with Gasteiger partial charge in [0.2, 0.25) is 0 Å². The number of sulfone groups is 1. The molecule has 0 radical (unpaired) electrons. The molecule has 0 spiro atoms.